The molecule has 146 valence electrons. The summed E-state index contributed by atoms with van der Waals surface area (Å²) in [7, 11) is 0. The Morgan fingerprint density at radius 2 is 2.15 bits per heavy atom. The van der Waals surface area contributed by atoms with E-state index in [1.54, 1.807) is 12.1 Å². The van der Waals surface area contributed by atoms with Crippen LogP contribution in [0.4, 0.5) is 4.39 Å². The molecular formula is C20H27FN4O2. The van der Waals surface area contributed by atoms with Crippen LogP contribution < -0.4 is 5.32 Å². The van der Waals surface area contributed by atoms with Gasteiger partial charge in [-0.15, -0.1) is 0 Å². The number of carbonyl (C=O) groups is 1. The standard InChI is InChI=1S/C20H27FN4O2/c1-15-5-2-3-13-25(15)14-4-12-22-18(26)10-11-19-23-20(24-27-19)16-6-8-17(21)9-7-16/h6-9,15H,2-5,10-14H2,1H3,(H,22,26)/t15-/m1/s1. The Morgan fingerprint density at radius 1 is 1.33 bits per heavy atom. The zero-order valence-electron chi connectivity index (χ0n) is 15.8. The summed E-state index contributed by atoms with van der Waals surface area (Å²) in [6.07, 6.45) is 5.55. The predicted molar refractivity (Wildman–Crippen MR) is 101 cm³/mol. The summed E-state index contributed by atoms with van der Waals surface area (Å²) in [4.78, 5) is 18.8. The second kappa shape index (κ2) is 9.60. The van der Waals surface area contributed by atoms with E-state index in [1.807, 2.05) is 0 Å². The highest BCUT2D eigenvalue weighted by molar-refractivity contribution is 5.75. The molecule has 0 radical (unpaired) electrons. The Labute approximate surface area is 159 Å². The summed E-state index contributed by atoms with van der Waals surface area (Å²) in [5.74, 6) is 0.491. The van der Waals surface area contributed by atoms with Crippen LogP contribution in [0.5, 0.6) is 0 Å². The molecule has 1 aliphatic rings. The van der Waals surface area contributed by atoms with Gasteiger partial charge in [-0.1, -0.05) is 11.6 Å². The monoisotopic (exact) mass is 374 g/mol. The molecule has 3 rings (SSSR count). The smallest absolute Gasteiger partial charge is 0.227 e. The van der Waals surface area contributed by atoms with E-state index in [2.05, 4.69) is 27.3 Å². The molecule has 2 aromatic rings. The number of amides is 1. The summed E-state index contributed by atoms with van der Waals surface area (Å²) in [5, 5.41) is 6.84. The Bertz CT molecular complexity index is 732. The molecule has 1 N–H and O–H groups in total. The number of nitrogens with one attached hydrogen (secondary N) is 1. The molecule has 0 spiro atoms. The largest absolute Gasteiger partial charge is 0.356 e. The number of aryl methyl sites for hydroxylation is 1. The molecule has 0 saturated carbocycles. The third-order valence-electron chi connectivity index (χ3n) is 5.02. The minimum Gasteiger partial charge on any atom is -0.356 e. The van der Waals surface area contributed by atoms with Gasteiger partial charge >= 0.3 is 0 Å². The lowest BCUT2D eigenvalue weighted by atomic mass is 10.0. The van der Waals surface area contributed by atoms with Crippen molar-refractivity contribution in [3.63, 3.8) is 0 Å². The Balaban J connectivity index is 1.35. The molecule has 27 heavy (non-hydrogen) atoms. The zero-order valence-corrected chi connectivity index (χ0v) is 15.8. The molecule has 0 aliphatic carbocycles. The van der Waals surface area contributed by atoms with Gasteiger partial charge in [-0.2, -0.15) is 4.98 Å². The molecule has 1 atom stereocenters. The highest BCUT2D eigenvalue weighted by Crippen LogP contribution is 2.17. The van der Waals surface area contributed by atoms with Gasteiger partial charge in [0.2, 0.25) is 17.6 Å². The number of benzene rings is 1. The maximum absolute atomic E-state index is 13.0. The third-order valence-corrected chi connectivity index (χ3v) is 5.02. The fraction of sp³-hybridized carbons (Fsp3) is 0.550. The molecule has 6 nitrogen and oxygen atoms in total. The van der Waals surface area contributed by atoms with Crippen molar-refractivity contribution in [2.24, 2.45) is 0 Å². The number of rotatable bonds is 8. The molecule has 1 aliphatic heterocycles. The molecule has 7 heteroatoms. The van der Waals surface area contributed by atoms with Crippen LogP contribution in [0, 0.1) is 5.82 Å². The van der Waals surface area contributed by atoms with E-state index in [9.17, 15) is 9.18 Å². The zero-order chi connectivity index (χ0) is 19.1. The van der Waals surface area contributed by atoms with E-state index in [4.69, 9.17) is 4.52 Å². The van der Waals surface area contributed by atoms with Gasteiger partial charge in [0.05, 0.1) is 0 Å². The van der Waals surface area contributed by atoms with Crippen molar-refractivity contribution in [3.05, 3.63) is 36.0 Å². The van der Waals surface area contributed by atoms with Crippen LogP contribution in [0.3, 0.4) is 0 Å². The van der Waals surface area contributed by atoms with E-state index in [1.165, 1.54) is 37.9 Å². The van der Waals surface area contributed by atoms with Gasteiger partial charge in [0.15, 0.2) is 0 Å². The molecule has 0 unspecified atom stereocenters. The fourth-order valence-electron chi connectivity index (χ4n) is 3.38. The SMILES string of the molecule is C[C@@H]1CCCCN1CCCNC(=O)CCc1nc(-c2ccc(F)cc2)no1. The molecule has 1 saturated heterocycles. The van der Waals surface area contributed by atoms with Crippen LogP contribution in [0.25, 0.3) is 11.4 Å². The van der Waals surface area contributed by atoms with Crippen molar-refractivity contribution in [3.8, 4) is 11.4 Å². The first-order valence-electron chi connectivity index (χ1n) is 9.71. The number of halogens is 1. The third kappa shape index (κ3) is 5.85. The highest BCUT2D eigenvalue weighted by atomic mass is 19.1. The molecule has 1 aromatic heterocycles. The molecule has 1 fully saturated rings. The second-order valence-electron chi connectivity index (χ2n) is 7.10. The van der Waals surface area contributed by atoms with Gasteiger partial charge in [0.1, 0.15) is 5.82 Å². The van der Waals surface area contributed by atoms with Crippen molar-refractivity contribution < 1.29 is 13.7 Å². The van der Waals surface area contributed by atoms with Crippen LogP contribution in [-0.4, -0.2) is 46.6 Å². The van der Waals surface area contributed by atoms with Crippen molar-refractivity contribution >= 4 is 5.91 Å². The van der Waals surface area contributed by atoms with E-state index in [0.717, 1.165) is 13.0 Å². The molecule has 0 bridgehead atoms. The summed E-state index contributed by atoms with van der Waals surface area (Å²) in [5.41, 5.74) is 0.683. The van der Waals surface area contributed by atoms with Gasteiger partial charge in [0, 0.05) is 37.5 Å². The average molecular weight is 374 g/mol. The first-order chi connectivity index (χ1) is 13.1. The minimum atomic E-state index is -0.311. The molecular weight excluding hydrogens is 347 g/mol. The van der Waals surface area contributed by atoms with E-state index < -0.39 is 0 Å². The van der Waals surface area contributed by atoms with E-state index >= 15 is 0 Å². The average Bonchev–Trinajstić information content (AvgIpc) is 3.14. The van der Waals surface area contributed by atoms with Crippen molar-refractivity contribution in [1.82, 2.24) is 20.4 Å². The van der Waals surface area contributed by atoms with E-state index in [0.29, 0.717) is 42.7 Å². The molecule has 1 aromatic carbocycles. The van der Waals surface area contributed by atoms with Crippen LogP contribution in [0.15, 0.2) is 28.8 Å². The minimum absolute atomic E-state index is 0.0109. The summed E-state index contributed by atoms with van der Waals surface area (Å²) < 4.78 is 18.1. The van der Waals surface area contributed by atoms with Crippen molar-refractivity contribution in [2.75, 3.05) is 19.6 Å². The lowest BCUT2D eigenvalue weighted by Gasteiger charge is -2.33. The lowest BCUT2D eigenvalue weighted by Crippen LogP contribution is -2.39. The summed E-state index contributed by atoms with van der Waals surface area (Å²) in [6.45, 7) is 5.17. The number of aromatic nitrogens is 2. The van der Waals surface area contributed by atoms with Gasteiger partial charge in [0.25, 0.3) is 0 Å². The fourth-order valence-corrected chi connectivity index (χ4v) is 3.38. The van der Waals surface area contributed by atoms with E-state index in [-0.39, 0.29) is 11.7 Å². The summed E-state index contributed by atoms with van der Waals surface area (Å²) >= 11 is 0. The molecule has 2 heterocycles. The van der Waals surface area contributed by atoms with Crippen molar-refractivity contribution in [2.45, 2.75) is 51.5 Å². The number of hydrogen-bond donors (Lipinski definition) is 1. The Hall–Kier alpha value is -2.28. The number of piperidine rings is 1. The topological polar surface area (TPSA) is 71.3 Å². The number of likely N-dealkylation sites (tertiary alicyclic amines) is 1. The van der Waals surface area contributed by atoms with Crippen LogP contribution >= 0.6 is 0 Å². The van der Waals surface area contributed by atoms with Gasteiger partial charge in [-0.3, -0.25) is 4.79 Å². The second-order valence-corrected chi connectivity index (χ2v) is 7.10. The quantitative estimate of drug-likeness (QED) is 0.719. The number of hydrogen-bond acceptors (Lipinski definition) is 5. The van der Waals surface area contributed by atoms with Gasteiger partial charge in [-0.05, 0) is 57.0 Å². The maximum Gasteiger partial charge on any atom is 0.227 e. The first kappa shape index (κ1) is 19.5. The van der Waals surface area contributed by atoms with Crippen LogP contribution in [0.1, 0.15) is 44.9 Å². The van der Waals surface area contributed by atoms with Crippen molar-refractivity contribution in [1.29, 1.82) is 0 Å². The highest BCUT2D eigenvalue weighted by Gasteiger charge is 2.17. The first-order valence-corrected chi connectivity index (χ1v) is 9.71. The predicted octanol–water partition coefficient (Wildman–Crippen LogP) is 3.19. The van der Waals surface area contributed by atoms with Crippen LogP contribution in [-0.2, 0) is 11.2 Å². The Kier molecular flexibility index (Phi) is 6.92. The lowest BCUT2D eigenvalue weighted by molar-refractivity contribution is -0.121. The maximum atomic E-state index is 13.0. The van der Waals surface area contributed by atoms with Gasteiger partial charge < -0.3 is 14.7 Å². The Morgan fingerprint density at radius 3 is 2.93 bits per heavy atom. The normalized spacial score (nSPS) is 17.8. The summed E-state index contributed by atoms with van der Waals surface area (Å²) in [6, 6.07) is 6.55. The van der Waals surface area contributed by atoms with Gasteiger partial charge in [-0.25, -0.2) is 4.39 Å². The van der Waals surface area contributed by atoms with Crippen LogP contribution in [0.2, 0.25) is 0 Å². The molecule has 1 amide bonds. The number of carbonyl (C=O) groups excluding carboxylic acids is 1. The number of nitrogens with zero attached hydrogens (tertiary/aromatic N) is 3.